The molecule has 2 rings (SSSR count). The number of hydrogen-bond acceptors (Lipinski definition) is 3. The van der Waals surface area contributed by atoms with Gasteiger partial charge in [-0.05, 0) is 12.8 Å². The lowest BCUT2D eigenvalue weighted by Crippen LogP contribution is -2.58. The first-order chi connectivity index (χ1) is 6.74. The minimum Gasteiger partial charge on any atom is -0.352 e. The summed E-state index contributed by atoms with van der Waals surface area (Å²) >= 11 is 0. The summed E-state index contributed by atoms with van der Waals surface area (Å²) in [5.74, 6) is 0.170. The summed E-state index contributed by atoms with van der Waals surface area (Å²) in [6, 6.07) is 0.728. The summed E-state index contributed by atoms with van der Waals surface area (Å²) in [4.78, 5) is 13.6. The van der Waals surface area contributed by atoms with Crippen molar-refractivity contribution < 1.29 is 4.79 Å². The molecule has 0 spiro atoms. The monoisotopic (exact) mass is 197 g/mol. The first-order valence-corrected chi connectivity index (χ1v) is 5.51. The number of hydrogen-bond donors (Lipinski definition) is 2. The maximum atomic E-state index is 11.5. The van der Waals surface area contributed by atoms with E-state index in [-0.39, 0.29) is 11.9 Å². The topological polar surface area (TPSA) is 58.4 Å². The lowest BCUT2D eigenvalue weighted by molar-refractivity contribution is -0.123. The normalized spacial score (nSPS) is 24.9. The zero-order valence-electron chi connectivity index (χ0n) is 8.54. The van der Waals surface area contributed by atoms with Crippen molar-refractivity contribution in [3.05, 3.63) is 0 Å². The summed E-state index contributed by atoms with van der Waals surface area (Å²) < 4.78 is 0. The lowest BCUT2D eigenvalue weighted by atomic mass is 10.1. The number of amides is 1. The van der Waals surface area contributed by atoms with Crippen molar-refractivity contribution in [2.45, 2.75) is 37.8 Å². The molecule has 1 amide bonds. The smallest absolute Gasteiger partial charge is 0.234 e. The molecule has 0 aromatic rings. The molecule has 0 atom stereocenters. The van der Waals surface area contributed by atoms with E-state index in [9.17, 15) is 4.79 Å². The predicted octanol–water partition coefficient (Wildman–Crippen LogP) is -0.312. The molecule has 0 aromatic carbocycles. The van der Waals surface area contributed by atoms with E-state index in [1.165, 1.54) is 12.8 Å². The number of nitrogens with zero attached hydrogens (tertiary/aromatic N) is 1. The highest BCUT2D eigenvalue weighted by molar-refractivity contribution is 5.78. The number of rotatable bonds is 3. The van der Waals surface area contributed by atoms with Crippen molar-refractivity contribution in [3.8, 4) is 0 Å². The Balaban J connectivity index is 1.63. The van der Waals surface area contributed by atoms with Crippen LogP contribution in [0.5, 0.6) is 0 Å². The van der Waals surface area contributed by atoms with Gasteiger partial charge < -0.3 is 11.1 Å². The fourth-order valence-corrected chi connectivity index (χ4v) is 2.29. The second-order valence-electron chi connectivity index (χ2n) is 4.50. The van der Waals surface area contributed by atoms with E-state index >= 15 is 0 Å². The Morgan fingerprint density at radius 2 is 2.00 bits per heavy atom. The van der Waals surface area contributed by atoms with Gasteiger partial charge >= 0.3 is 0 Å². The number of nitrogens with two attached hydrogens (primary N) is 1. The largest absolute Gasteiger partial charge is 0.352 e. The first kappa shape index (κ1) is 9.93. The van der Waals surface area contributed by atoms with Crippen molar-refractivity contribution in [3.63, 3.8) is 0 Å². The van der Waals surface area contributed by atoms with Gasteiger partial charge in [0, 0.05) is 25.2 Å². The third-order valence-electron chi connectivity index (χ3n) is 3.07. The third-order valence-corrected chi connectivity index (χ3v) is 3.07. The average Bonchev–Trinajstić information content (AvgIpc) is 2.54. The van der Waals surface area contributed by atoms with E-state index in [1.807, 2.05) is 0 Å². The molecule has 1 saturated heterocycles. The van der Waals surface area contributed by atoms with Gasteiger partial charge in [-0.15, -0.1) is 0 Å². The molecule has 2 aliphatic rings. The van der Waals surface area contributed by atoms with Gasteiger partial charge in [-0.1, -0.05) is 12.8 Å². The van der Waals surface area contributed by atoms with Crippen LogP contribution in [0.1, 0.15) is 25.7 Å². The van der Waals surface area contributed by atoms with Crippen LogP contribution in [0.3, 0.4) is 0 Å². The minimum absolute atomic E-state index is 0.170. The van der Waals surface area contributed by atoms with E-state index < -0.39 is 0 Å². The van der Waals surface area contributed by atoms with Crippen LogP contribution in [0.4, 0.5) is 0 Å². The standard InChI is InChI=1S/C10H19N3O/c11-8-5-13(6-8)7-10(14)12-9-3-1-2-4-9/h8-9H,1-7,11H2,(H,12,14). The van der Waals surface area contributed by atoms with Crippen LogP contribution in [0.25, 0.3) is 0 Å². The van der Waals surface area contributed by atoms with Crippen molar-refractivity contribution in [2.24, 2.45) is 5.73 Å². The van der Waals surface area contributed by atoms with Crippen LogP contribution >= 0.6 is 0 Å². The molecule has 0 unspecified atom stereocenters. The maximum Gasteiger partial charge on any atom is 0.234 e. The van der Waals surface area contributed by atoms with E-state index in [0.717, 1.165) is 25.9 Å². The molecule has 80 valence electrons. The molecule has 4 nitrogen and oxygen atoms in total. The highest BCUT2D eigenvalue weighted by Crippen LogP contribution is 2.17. The number of carbonyl (C=O) groups excluding carboxylic acids is 1. The molecular weight excluding hydrogens is 178 g/mol. The van der Waals surface area contributed by atoms with Crippen molar-refractivity contribution in [2.75, 3.05) is 19.6 Å². The van der Waals surface area contributed by atoms with Gasteiger partial charge in [-0.3, -0.25) is 9.69 Å². The summed E-state index contributed by atoms with van der Waals surface area (Å²) in [5.41, 5.74) is 5.63. The quantitative estimate of drug-likeness (QED) is 0.652. The Morgan fingerprint density at radius 3 is 2.57 bits per heavy atom. The van der Waals surface area contributed by atoms with Gasteiger partial charge in [-0.2, -0.15) is 0 Å². The SMILES string of the molecule is NC1CN(CC(=O)NC2CCCC2)C1. The molecule has 1 aliphatic heterocycles. The summed E-state index contributed by atoms with van der Waals surface area (Å²) in [5, 5.41) is 3.07. The van der Waals surface area contributed by atoms with Crippen molar-refractivity contribution in [1.29, 1.82) is 0 Å². The van der Waals surface area contributed by atoms with Crippen LogP contribution in [-0.4, -0.2) is 42.5 Å². The van der Waals surface area contributed by atoms with Gasteiger partial charge in [0.15, 0.2) is 0 Å². The minimum atomic E-state index is 0.170. The third kappa shape index (κ3) is 2.45. The molecule has 2 fully saturated rings. The number of likely N-dealkylation sites (tertiary alicyclic amines) is 1. The Kier molecular flexibility index (Phi) is 3.03. The molecule has 0 aromatic heterocycles. The van der Waals surface area contributed by atoms with Crippen molar-refractivity contribution in [1.82, 2.24) is 10.2 Å². The molecule has 1 aliphatic carbocycles. The van der Waals surface area contributed by atoms with Gasteiger partial charge in [-0.25, -0.2) is 0 Å². The van der Waals surface area contributed by atoms with Crippen LogP contribution in [0, 0.1) is 0 Å². The Hall–Kier alpha value is -0.610. The van der Waals surface area contributed by atoms with Crippen LogP contribution in [-0.2, 0) is 4.79 Å². The second kappa shape index (κ2) is 4.28. The molecule has 1 heterocycles. The molecular formula is C10H19N3O. The fraction of sp³-hybridized carbons (Fsp3) is 0.900. The second-order valence-corrected chi connectivity index (χ2v) is 4.50. The average molecular weight is 197 g/mol. The molecule has 0 bridgehead atoms. The molecule has 4 heteroatoms. The highest BCUT2D eigenvalue weighted by Gasteiger charge is 2.25. The van der Waals surface area contributed by atoms with E-state index in [1.54, 1.807) is 0 Å². The fourth-order valence-electron chi connectivity index (χ4n) is 2.29. The lowest BCUT2D eigenvalue weighted by Gasteiger charge is -2.36. The first-order valence-electron chi connectivity index (χ1n) is 5.51. The zero-order valence-corrected chi connectivity index (χ0v) is 8.54. The molecule has 14 heavy (non-hydrogen) atoms. The van der Waals surface area contributed by atoms with Gasteiger partial charge in [0.1, 0.15) is 0 Å². The maximum absolute atomic E-state index is 11.5. The molecule has 1 saturated carbocycles. The zero-order chi connectivity index (χ0) is 9.97. The van der Waals surface area contributed by atoms with Gasteiger partial charge in [0.2, 0.25) is 5.91 Å². The van der Waals surface area contributed by atoms with Gasteiger partial charge in [0.25, 0.3) is 0 Å². The molecule has 0 radical (unpaired) electrons. The van der Waals surface area contributed by atoms with Crippen molar-refractivity contribution >= 4 is 5.91 Å². The van der Waals surface area contributed by atoms with E-state index in [0.29, 0.717) is 12.6 Å². The molecule has 3 N–H and O–H groups in total. The van der Waals surface area contributed by atoms with E-state index in [2.05, 4.69) is 10.2 Å². The predicted molar refractivity (Wildman–Crippen MR) is 54.8 cm³/mol. The number of carbonyl (C=O) groups is 1. The summed E-state index contributed by atoms with van der Waals surface area (Å²) in [6.07, 6.45) is 4.84. The Morgan fingerprint density at radius 1 is 1.36 bits per heavy atom. The van der Waals surface area contributed by atoms with E-state index in [4.69, 9.17) is 5.73 Å². The van der Waals surface area contributed by atoms with Gasteiger partial charge in [0.05, 0.1) is 6.54 Å². The highest BCUT2D eigenvalue weighted by atomic mass is 16.2. The Bertz CT molecular complexity index is 207. The summed E-state index contributed by atoms with van der Waals surface area (Å²) in [7, 11) is 0. The van der Waals surface area contributed by atoms with Crippen LogP contribution in [0.2, 0.25) is 0 Å². The number of nitrogens with one attached hydrogen (secondary N) is 1. The summed E-state index contributed by atoms with van der Waals surface area (Å²) in [6.45, 7) is 2.28. The van der Waals surface area contributed by atoms with Crippen LogP contribution in [0.15, 0.2) is 0 Å². The Labute approximate surface area is 84.8 Å². The van der Waals surface area contributed by atoms with Crippen LogP contribution < -0.4 is 11.1 Å².